The van der Waals surface area contributed by atoms with Gasteiger partial charge in [-0.1, -0.05) is 30.7 Å². The van der Waals surface area contributed by atoms with Crippen molar-refractivity contribution in [3.8, 4) is 0 Å². The first-order valence-corrected chi connectivity index (χ1v) is 9.45. The number of carbonyl (C=O) groups is 2. The summed E-state index contributed by atoms with van der Waals surface area (Å²) in [6, 6.07) is 7.71. The molecule has 0 spiro atoms. The maximum Gasteiger partial charge on any atom is 0.490 e. The molecule has 170 valence electrons. The number of aryl methyl sites for hydroxylation is 1. The number of benzene rings is 1. The van der Waals surface area contributed by atoms with Crippen LogP contribution in [0.1, 0.15) is 18.9 Å². The SMILES string of the molecule is COC1C(C)COC(CCc2ccc(Cl)cc2)C1OC(=O)CN.O=C(O)C(F)(F)F. The molecule has 0 saturated carbocycles. The van der Waals surface area contributed by atoms with Crippen molar-refractivity contribution < 1.29 is 42.1 Å². The van der Waals surface area contributed by atoms with E-state index in [2.05, 4.69) is 0 Å². The second-order valence-corrected chi connectivity index (χ2v) is 7.11. The van der Waals surface area contributed by atoms with Crippen molar-refractivity contribution >= 4 is 23.5 Å². The maximum atomic E-state index is 11.6. The van der Waals surface area contributed by atoms with Gasteiger partial charge >= 0.3 is 18.1 Å². The molecule has 7 nitrogen and oxygen atoms in total. The van der Waals surface area contributed by atoms with Gasteiger partial charge in [0.1, 0.15) is 6.10 Å². The van der Waals surface area contributed by atoms with E-state index in [1.54, 1.807) is 7.11 Å². The molecular formula is C19H25ClF3NO6. The van der Waals surface area contributed by atoms with Gasteiger partial charge in [-0.05, 0) is 30.5 Å². The third kappa shape index (κ3) is 8.47. The van der Waals surface area contributed by atoms with Crippen molar-refractivity contribution in [2.75, 3.05) is 20.3 Å². The quantitative estimate of drug-likeness (QED) is 0.635. The molecule has 2 rings (SSSR count). The number of ether oxygens (including phenoxy) is 3. The second-order valence-electron chi connectivity index (χ2n) is 6.68. The van der Waals surface area contributed by atoms with Crippen molar-refractivity contribution in [1.82, 2.24) is 0 Å². The third-order valence-electron chi connectivity index (χ3n) is 4.40. The second kappa shape index (κ2) is 12.1. The first kappa shape index (κ1) is 26.2. The molecule has 0 radical (unpaired) electrons. The summed E-state index contributed by atoms with van der Waals surface area (Å²) in [4.78, 5) is 20.5. The molecule has 1 aliphatic heterocycles. The standard InChI is InChI=1S/C17H24ClNO4.C2HF3O2/c1-11-10-22-14(8-5-12-3-6-13(18)7-4-12)17(16(11)21-2)23-15(20)9-19;3-2(4,5)1(6)7/h3-4,6-7,11,14,16-17H,5,8-10,19H2,1-2H3;(H,6,7). The molecule has 4 unspecified atom stereocenters. The Labute approximate surface area is 177 Å². The number of halogens is 4. The fraction of sp³-hybridized carbons (Fsp3) is 0.579. The van der Waals surface area contributed by atoms with Crippen LogP contribution in [-0.4, -0.2) is 61.8 Å². The van der Waals surface area contributed by atoms with E-state index >= 15 is 0 Å². The summed E-state index contributed by atoms with van der Waals surface area (Å²) in [6.07, 6.45) is -4.37. The summed E-state index contributed by atoms with van der Waals surface area (Å²) >= 11 is 5.90. The highest BCUT2D eigenvalue weighted by Gasteiger charge is 2.41. The maximum absolute atomic E-state index is 11.6. The molecule has 4 atom stereocenters. The van der Waals surface area contributed by atoms with Crippen LogP contribution in [0.2, 0.25) is 5.02 Å². The van der Waals surface area contributed by atoms with Crippen molar-refractivity contribution in [3.63, 3.8) is 0 Å². The highest BCUT2D eigenvalue weighted by atomic mass is 35.5. The van der Waals surface area contributed by atoms with Gasteiger partial charge in [0.05, 0.1) is 19.3 Å². The number of rotatable bonds is 6. The molecule has 1 aromatic rings. The van der Waals surface area contributed by atoms with Gasteiger partial charge < -0.3 is 25.1 Å². The number of carbonyl (C=O) groups excluding carboxylic acids is 1. The molecule has 1 heterocycles. The normalized spacial score (nSPS) is 23.8. The average molecular weight is 456 g/mol. The fourth-order valence-electron chi connectivity index (χ4n) is 2.92. The van der Waals surface area contributed by atoms with E-state index in [9.17, 15) is 18.0 Å². The lowest BCUT2D eigenvalue weighted by Crippen LogP contribution is -2.52. The minimum atomic E-state index is -5.08. The van der Waals surface area contributed by atoms with Crippen molar-refractivity contribution in [3.05, 3.63) is 34.9 Å². The average Bonchev–Trinajstić information content (AvgIpc) is 2.68. The predicted octanol–water partition coefficient (Wildman–Crippen LogP) is 2.83. The number of alkyl halides is 3. The van der Waals surface area contributed by atoms with Crippen molar-refractivity contribution in [1.29, 1.82) is 0 Å². The minimum Gasteiger partial charge on any atom is -0.475 e. The lowest BCUT2D eigenvalue weighted by atomic mass is 9.90. The Morgan fingerprint density at radius 3 is 2.30 bits per heavy atom. The van der Waals surface area contributed by atoms with E-state index in [-0.39, 0.29) is 24.7 Å². The largest absolute Gasteiger partial charge is 0.490 e. The minimum absolute atomic E-state index is 0.148. The summed E-state index contributed by atoms with van der Waals surface area (Å²) < 4.78 is 48.7. The number of nitrogens with two attached hydrogens (primary N) is 1. The van der Waals surface area contributed by atoms with Crippen LogP contribution in [-0.2, 0) is 30.2 Å². The molecule has 0 bridgehead atoms. The number of methoxy groups -OCH3 is 1. The number of esters is 1. The summed E-state index contributed by atoms with van der Waals surface area (Å²) in [5, 5.41) is 7.84. The Hall–Kier alpha value is -1.88. The van der Waals surface area contributed by atoms with Gasteiger partial charge in [0.15, 0.2) is 6.10 Å². The van der Waals surface area contributed by atoms with Crippen LogP contribution >= 0.6 is 11.6 Å². The first-order valence-electron chi connectivity index (χ1n) is 9.08. The third-order valence-corrected chi connectivity index (χ3v) is 4.66. The number of hydrogen-bond acceptors (Lipinski definition) is 6. The molecular weight excluding hydrogens is 431 g/mol. The van der Waals surface area contributed by atoms with Crippen LogP contribution < -0.4 is 5.73 Å². The smallest absolute Gasteiger partial charge is 0.475 e. The van der Waals surface area contributed by atoms with E-state index in [4.69, 9.17) is 41.4 Å². The molecule has 1 fully saturated rings. The summed E-state index contributed by atoms with van der Waals surface area (Å²) in [6.45, 7) is 2.46. The van der Waals surface area contributed by atoms with E-state index in [0.29, 0.717) is 11.6 Å². The van der Waals surface area contributed by atoms with Crippen LogP contribution in [0.5, 0.6) is 0 Å². The highest BCUT2D eigenvalue weighted by Crippen LogP contribution is 2.28. The summed E-state index contributed by atoms with van der Waals surface area (Å²) in [5.41, 5.74) is 6.53. The Bertz CT molecular complexity index is 686. The van der Waals surface area contributed by atoms with Gasteiger partial charge in [0, 0.05) is 18.1 Å². The monoisotopic (exact) mass is 455 g/mol. The van der Waals surface area contributed by atoms with Gasteiger partial charge in [0.2, 0.25) is 0 Å². The van der Waals surface area contributed by atoms with Gasteiger partial charge in [-0.2, -0.15) is 13.2 Å². The molecule has 0 aliphatic carbocycles. The first-order chi connectivity index (χ1) is 14.0. The topological polar surface area (TPSA) is 108 Å². The Kier molecular flexibility index (Phi) is 10.5. The van der Waals surface area contributed by atoms with Gasteiger partial charge in [0.25, 0.3) is 0 Å². The Morgan fingerprint density at radius 1 is 1.27 bits per heavy atom. The molecule has 1 aromatic carbocycles. The molecule has 0 aromatic heterocycles. The number of aliphatic carboxylic acids is 1. The highest BCUT2D eigenvalue weighted by molar-refractivity contribution is 6.30. The molecule has 1 saturated heterocycles. The lowest BCUT2D eigenvalue weighted by Gasteiger charge is -2.40. The van der Waals surface area contributed by atoms with E-state index in [0.717, 1.165) is 18.4 Å². The van der Waals surface area contributed by atoms with Crippen LogP contribution in [0, 0.1) is 5.92 Å². The summed E-state index contributed by atoms with van der Waals surface area (Å²) in [7, 11) is 1.63. The summed E-state index contributed by atoms with van der Waals surface area (Å²) in [5.74, 6) is -3.04. The number of hydrogen-bond donors (Lipinski definition) is 2. The van der Waals surface area contributed by atoms with Gasteiger partial charge in [-0.3, -0.25) is 4.79 Å². The van der Waals surface area contributed by atoms with E-state index in [1.807, 2.05) is 31.2 Å². The van der Waals surface area contributed by atoms with Gasteiger partial charge in [-0.25, -0.2) is 4.79 Å². The van der Waals surface area contributed by atoms with Crippen LogP contribution in [0.3, 0.4) is 0 Å². The molecule has 1 aliphatic rings. The Morgan fingerprint density at radius 2 is 1.83 bits per heavy atom. The van der Waals surface area contributed by atoms with E-state index in [1.165, 1.54) is 0 Å². The van der Waals surface area contributed by atoms with Crippen LogP contribution in [0.15, 0.2) is 24.3 Å². The number of carboxylic acids is 1. The molecule has 3 N–H and O–H groups in total. The van der Waals surface area contributed by atoms with Crippen LogP contribution in [0.25, 0.3) is 0 Å². The fourth-order valence-corrected chi connectivity index (χ4v) is 3.04. The zero-order chi connectivity index (χ0) is 22.9. The zero-order valence-electron chi connectivity index (χ0n) is 16.5. The molecule has 0 amide bonds. The molecule has 11 heteroatoms. The molecule has 30 heavy (non-hydrogen) atoms. The van der Waals surface area contributed by atoms with Crippen molar-refractivity contribution in [2.24, 2.45) is 11.7 Å². The number of carboxylic acid groups (broad SMARTS) is 1. The zero-order valence-corrected chi connectivity index (χ0v) is 17.3. The predicted molar refractivity (Wildman–Crippen MR) is 102 cm³/mol. The van der Waals surface area contributed by atoms with E-state index < -0.39 is 24.2 Å². The van der Waals surface area contributed by atoms with Crippen molar-refractivity contribution in [2.45, 2.75) is 44.3 Å². The van der Waals surface area contributed by atoms with Gasteiger partial charge in [-0.15, -0.1) is 0 Å². The lowest BCUT2D eigenvalue weighted by molar-refractivity contribution is -0.198. The Balaban J connectivity index is 0.000000553. The van der Waals surface area contributed by atoms with Crippen LogP contribution in [0.4, 0.5) is 13.2 Å².